The predicted octanol–water partition coefficient (Wildman–Crippen LogP) is 2.67. The number of urea groups is 1. The van der Waals surface area contributed by atoms with Crippen molar-refractivity contribution in [2.24, 2.45) is 0 Å². The smallest absolute Gasteiger partial charge is 0.320 e. The Hall–Kier alpha value is -3.17. The molecule has 3 aromatic rings. The van der Waals surface area contributed by atoms with Crippen molar-refractivity contribution >= 4 is 28.6 Å². The van der Waals surface area contributed by atoms with E-state index in [2.05, 4.69) is 31.1 Å². The lowest BCUT2D eigenvalue weighted by atomic mass is 10.0. The van der Waals surface area contributed by atoms with Crippen LogP contribution in [0.15, 0.2) is 42.6 Å². The fraction of sp³-hybridized carbons (Fsp3) is 0.350. The van der Waals surface area contributed by atoms with Gasteiger partial charge in [0.1, 0.15) is 5.82 Å². The minimum atomic E-state index is -0.328. The largest absolute Gasteiger partial charge is 0.385 e. The maximum absolute atomic E-state index is 12.5. The summed E-state index contributed by atoms with van der Waals surface area (Å²) in [5.74, 6) is 1.18. The minimum absolute atomic E-state index is 0.160. The van der Waals surface area contributed by atoms with Crippen LogP contribution in [-0.2, 0) is 9.47 Å². The molecule has 1 atom stereocenters. The van der Waals surface area contributed by atoms with E-state index in [-0.39, 0.29) is 18.1 Å². The summed E-state index contributed by atoms with van der Waals surface area (Å²) >= 11 is 0. The van der Waals surface area contributed by atoms with E-state index in [1.165, 1.54) is 0 Å². The number of pyridine rings is 1. The van der Waals surface area contributed by atoms with E-state index in [9.17, 15) is 4.79 Å². The van der Waals surface area contributed by atoms with Crippen LogP contribution in [0, 0.1) is 0 Å². The van der Waals surface area contributed by atoms with Crippen LogP contribution in [0.5, 0.6) is 0 Å². The van der Waals surface area contributed by atoms with Gasteiger partial charge in [0.05, 0.1) is 36.2 Å². The van der Waals surface area contributed by atoms with Gasteiger partial charge < -0.3 is 20.1 Å². The summed E-state index contributed by atoms with van der Waals surface area (Å²) in [4.78, 5) is 16.9. The Balaban J connectivity index is 1.42. The van der Waals surface area contributed by atoms with E-state index >= 15 is 0 Å². The number of H-pyrrole nitrogens is 1. The van der Waals surface area contributed by atoms with E-state index in [0.717, 1.165) is 22.3 Å². The maximum Gasteiger partial charge on any atom is 0.320 e. The molecule has 4 N–H and O–H groups in total. The predicted molar refractivity (Wildman–Crippen MR) is 110 cm³/mol. The molecule has 3 heterocycles. The van der Waals surface area contributed by atoms with E-state index in [4.69, 9.17) is 9.47 Å². The fourth-order valence-corrected chi connectivity index (χ4v) is 3.16. The Bertz CT molecular complexity index is 957. The summed E-state index contributed by atoms with van der Waals surface area (Å²) in [7, 11) is 1.65. The van der Waals surface area contributed by atoms with Gasteiger partial charge in [-0.05, 0) is 12.0 Å². The SMILES string of the molecule is COCCC(NC(=O)Nc1cc2[nH]nc(NC3COC3)c2cn1)c1ccccc1. The number of aromatic amines is 1. The number of hydrogen-bond donors (Lipinski definition) is 4. The first-order chi connectivity index (χ1) is 14.2. The van der Waals surface area contributed by atoms with Crippen LogP contribution in [-0.4, -0.2) is 54.2 Å². The summed E-state index contributed by atoms with van der Waals surface area (Å²) in [6.45, 7) is 1.89. The summed E-state index contributed by atoms with van der Waals surface area (Å²) < 4.78 is 10.3. The van der Waals surface area contributed by atoms with Crippen molar-refractivity contribution < 1.29 is 14.3 Å². The van der Waals surface area contributed by atoms with Gasteiger partial charge in [-0.25, -0.2) is 9.78 Å². The third kappa shape index (κ3) is 4.64. The zero-order valence-electron chi connectivity index (χ0n) is 16.1. The summed E-state index contributed by atoms with van der Waals surface area (Å²) in [5, 5.41) is 17.2. The van der Waals surface area contributed by atoms with Gasteiger partial charge in [-0.1, -0.05) is 30.3 Å². The van der Waals surface area contributed by atoms with E-state index < -0.39 is 0 Å². The van der Waals surface area contributed by atoms with E-state index in [0.29, 0.717) is 32.1 Å². The van der Waals surface area contributed by atoms with E-state index in [1.807, 2.05) is 30.3 Å². The number of rotatable bonds is 8. The molecule has 1 unspecified atom stereocenters. The minimum Gasteiger partial charge on any atom is -0.385 e. The number of carbonyl (C=O) groups is 1. The number of methoxy groups -OCH3 is 1. The molecular formula is C20H24N6O3. The molecule has 0 spiro atoms. The monoisotopic (exact) mass is 396 g/mol. The first kappa shape index (κ1) is 19.2. The molecule has 1 aliphatic heterocycles. The molecule has 29 heavy (non-hydrogen) atoms. The quantitative estimate of drug-likeness (QED) is 0.466. The second-order valence-corrected chi connectivity index (χ2v) is 6.91. The van der Waals surface area contributed by atoms with Gasteiger partial charge in [-0.3, -0.25) is 10.4 Å². The van der Waals surface area contributed by atoms with Gasteiger partial charge in [0.25, 0.3) is 0 Å². The molecule has 0 saturated carbocycles. The standard InChI is InChI=1S/C20H24N6O3/c1-28-8-7-16(13-5-3-2-4-6-13)23-20(27)24-18-9-17-15(10-21-18)19(26-25-17)22-14-11-29-12-14/h2-6,9-10,14,16H,7-8,11-12H2,1H3,(H2,22,25,26)(H2,21,23,24,27). The third-order valence-electron chi connectivity index (χ3n) is 4.79. The van der Waals surface area contributed by atoms with Gasteiger partial charge in [-0.15, -0.1) is 0 Å². The highest BCUT2D eigenvalue weighted by Gasteiger charge is 2.20. The Labute approximate surface area is 168 Å². The normalized spacial score (nSPS) is 14.9. The lowest BCUT2D eigenvalue weighted by Crippen LogP contribution is -2.40. The highest BCUT2D eigenvalue weighted by Crippen LogP contribution is 2.23. The number of fused-ring (bicyclic) bond motifs is 1. The topological polar surface area (TPSA) is 113 Å². The van der Waals surface area contributed by atoms with Crippen LogP contribution < -0.4 is 16.0 Å². The van der Waals surface area contributed by atoms with Crippen LogP contribution in [0.3, 0.4) is 0 Å². The van der Waals surface area contributed by atoms with Crippen molar-refractivity contribution in [3.8, 4) is 0 Å². The first-order valence-corrected chi connectivity index (χ1v) is 9.52. The molecule has 9 nitrogen and oxygen atoms in total. The van der Waals surface area contributed by atoms with Crippen molar-refractivity contribution in [3.63, 3.8) is 0 Å². The molecule has 1 aromatic carbocycles. The number of nitrogens with zero attached hydrogens (tertiary/aromatic N) is 2. The lowest BCUT2D eigenvalue weighted by molar-refractivity contribution is 0.0210. The maximum atomic E-state index is 12.5. The molecule has 1 aliphatic rings. The van der Waals surface area contributed by atoms with Gasteiger partial charge in [-0.2, -0.15) is 5.10 Å². The van der Waals surface area contributed by atoms with Crippen molar-refractivity contribution in [2.75, 3.05) is 37.6 Å². The molecule has 9 heteroatoms. The molecular weight excluding hydrogens is 372 g/mol. The molecule has 2 amide bonds. The molecule has 152 valence electrons. The van der Waals surface area contributed by atoms with Crippen molar-refractivity contribution in [1.82, 2.24) is 20.5 Å². The third-order valence-corrected chi connectivity index (χ3v) is 4.79. The average molecular weight is 396 g/mol. The second kappa shape index (κ2) is 8.89. The van der Waals surface area contributed by atoms with Gasteiger partial charge >= 0.3 is 6.03 Å². The fourth-order valence-electron chi connectivity index (χ4n) is 3.16. The van der Waals surface area contributed by atoms with Crippen molar-refractivity contribution in [2.45, 2.75) is 18.5 Å². The molecule has 1 fully saturated rings. The zero-order valence-corrected chi connectivity index (χ0v) is 16.1. The lowest BCUT2D eigenvalue weighted by Gasteiger charge is -2.26. The summed E-state index contributed by atoms with van der Waals surface area (Å²) in [5.41, 5.74) is 1.81. The average Bonchev–Trinajstić information content (AvgIpc) is 3.10. The Morgan fingerprint density at radius 2 is 2.17 bits per heavy atom. The van der Waals surface area contributed by atoms with Crippen LogP contribution >= 0.6 is 0 Å². The Morgan fingerprint density at radius 3 is 2.90 bits per heavy atom. The Morgan fingerprint density at radius 1 is 1.34 bits per heavy atom. The summed E-state index contributed by atoms with van der Waals surface area (Å²) in [6, 6.07) is 11.4. The van der Waals surface area contributed by atoms with Crippen LogP contribution in [0.2, 0.25) is 0 Å². The molecule has 4 rings (SSSR count). The number of carbonyl (C=O) groups excluding carboxylic acids is 1. The first-order valence-electron chi connectivity index (χ1n) is 9.52. The molecule has 2 aromatic heterocycles. The number of anilines is 2. The summed E-state index contributed by atoms with van der Waals surface area (Å²) in [6.07, 6.45) is 2.36. The second-order valence-electron chi connectivity index (χ2n) is 6.91. The molecule has 0 bridgehead atoms. The number of nitrogens with one attached hydrogen (secondary N) is 4. The molecule has 0 radical (unpaired) electrons. The number of ether oxygens (including phenoxy) is 2. The van der Waals surface area contributed by atoms with Gasteiger partial charge in [0.2, 0.25) is 0 Å². The number of benzene rings is 1. The number of aromatic nitrogens is 3. The van der Waals surface area contributed by atoms with E-state index in [1.54, 1.807) is 19.4 Å². The number of amides is 2. The Kier molecular flexibility index (Phi) is 5.87. The van der Waals surface area contributed by atoms with Crippen LogP contribution in [0.1, 0.15) is 18.0 Å². The van der Waals surface area contributed by atoms with Gasteiger partial charge in [0, 0.05) is 26.0 Å². The highest BCUT2D eigenvalue weighted by molar-refractivity contribution is 5.94. The van der Waals surface area contributed by atoms with Gasteiger partial charge in [0.15, 0.2) is 5.82 Å². The highest BCUT2D eigenvalue weighted by atomic mass is 16.5. The molecule has 0 aliphatic carbocycles. The zero-order chi connectivity index (χ0) is 20.1. The molecule has 1 saturated heterocycles. The van der Waals surface area contributed by atoms with Crippen molar-refractivity contribution in [3.05, 3.63) is 48.2 Å². The van der Waals surface area contributed by atoms with Crippen molar-refractivity contribution in [1.29, 1.82) is 0 Å². The van der Waals surface area contributed by atoms with Crippen LogP contribution in [0.4, 0.5) is 16.4 Å². The van der Waals surface area contributed by atoms with Crippen LogP contribution in [0.25, 0.3) is 10.9 Å². The number of hydrogen-bond acceptors (Lipinski definition) is 6.